The third-order valence-corrected chi connectivity index (χ3v) is 5.54. The van der Waals surface area contributed by atoms with Gasteiger partial charge in [0.25, 0.3) is 0 Å². The highest BCUT2D eigenvalue weighted by molar-refractivity contribution is 6.77. The number of carbonyl (C=O) groups excluding carboxylic acids is 1. The van der Waals surface area contributed by atoms with Crippen LogP contribution in [-0.2, 0) is 4.79 Å². The first-order valence-corrected chi connectivity index (χ1v) is 9.28. The molecule has 1 amide bonds. The first-order valence-electron chi connectivity index (χ1n) is 5.70. The maximum atomic E-state index is 11.6. The van der Waals surface area contributed by atoms with Crippen LogP contribution in [0.3, 0.4) is 0 Å². The molecule has 16 heavy (non-hydrogen) atoms. The molecule has 1 aromatic carbocycles. The van der Waals surface area contributed by atoms with Crippen LogP contribution >= 0.6 is 0 Å². The van der Waals surface area contributed by atoms with Gasteiger partial charge in [-0.05, 0) is 11.1 Å². The van der Waals surface area contributed by atoms with Crippen molar-refractivity contribution in [2.45, 2.75) is 31.6 Å². The van der Waals surface area contributed by atoms with Crippen molar-refractivity contribution in [1.82, 2.24) is 5.32 Å². The van der Waals surface area contributed by atoms with E-state index in [0.717, 1.165) is 0 Å². The molecule has 88 valence electrons. The summed E-state index contributed by atoms with van der Waals surface area (Å²) >= 11 is 0. The van der Waals surface area contributed by atoms with Crippen molar-refractivity contribution in [3.63, 3.8) is 0 Å². The minimum Gasteiger partial charge on any atom is -0.359 e. The molecule has 0 aliphatic rings. The molecule has 3 heteroatoms. The second-order valence-corrected chi connectivity index (χ2v) is 10.6. The predicted molar refractivity (Wildman–Crippen MR) is 71.2 cm³/mol. The minimum absolute atomic E-state index is 0.135. The molecule has 0 saturated heterocycles. The topological polar surface area (TPSA) is 29.1 Å². The molecule has 0 unspecified atom stereocenters. The number of hydrogen-bond donors (Lipinski definition) is 1. The Morgan fingerprint density at radius 3 is 2.25 bits per heavy atom. The van der Waals surface area contributed by atoms with Crippen LogP contribution in [0, 0.1) is 0 Å². The van der Waals surface area contributed by atoms with Crippen LogP contribution in [0.4, 0.5) is 0 Å². The lowest BCUT2D eigenvalue weighted by atomic mass is 10.1. The van der Waals surface area contributed by atoms with Gasteiger partial charge < -0.3 is 5.32 Å². The van der Waals surface area contributed by atoms with E-state index in [9.17, 15) is 4.79 Å². The smallest absolute Gasteiger partial charge is 0.220 e. The van der Waals surface area contributed by atoms with E-state index >= 15 is 0 Å². The lowest BCUT2D eigenvalue weighted by molar-refractivity contribution is -0.120. The number of carbonyl (C=O) groups is 1. The average Bonchev–Trinajstić information content (AvgIpc) is 2.25. The number of benzene rings is 1. The molecule has 0 spiro atoms. The maximum Gasteiger partial charge on any atom is 0.220 e. The van der Waals surface area contributed by atoms with Gasteiger partial charge in [-0.1, -0.05) is 50.0 Å². The van der Waals surface area contributed by atoms with Crippen LogP contribution in [-0.4, -0.2) is 21.0 Å². The van der Waals surface area contributed by atoms with E-state index in [1.165, 1.54) is 5.56 Å². The molecule has 1 aromatic rings. The zero-order valence-electron chi connectivity index (χ0n) is 10.6. The van der Waals surface area contributed by atoms with Gasteiger partial charge in [0, 0.05) is 13.5 Å². The molecule has 0 radical (unpaired) electrons. The molecule has 0 fully saturated rings. The van der Waals surface area contributed by atoms with Gasteiger partial charge in [-0.3, -0.25) is 4.79 Å². The van der Waals surface area contributed by atoms with E-state index in [-0.39, 0.29) is 5.91 Å². The van der Waals surface area contributed by atoms with E-state index < -0.39 is 8.07 Å². The van der Waals surface area contributed by atoms with Crippen LogP contribution in [0.15, 0.2) is 30.3 Å². The van der Waals surface area contributed by atoms with Crippen molar-refractivity contribution in [3.8, 4) is 0 Å². The zero-order chi connectivity index (χ0) is 12.2. The Kier molecular flexibility index (Phi) is 4.30. The van der Waals surface area contributed by atoms with Crippen LogP contribution < -0.4 is 5.32 Å². The zero-order valence-corrected chi connectivity index (χ0v) is 11.6. The van der Waals surface area contributed by atoms with Gasteiger partial charge >= 0.3 is 0 Å². The van der Waals surface area contributed by atoms with Crippen LogP contribution in [0.1, 0.15) is 17.5 Å². The van der Waals surface area contributed by atoms with Gasteiger partial charge in [0.2, 0.25) is 5.91 Å². The summed E-state index contributed by atoms with van der Waals surface area (Å²) in [5.41, 5.74) is 1.69. The number of hydrogen-bond acceptors (Lipinski definition) is 1. The van der Waals surface area contributed by atoms with Crippen LogP contribution in [0.2, 0.25) is 19.6 Å². The number of nitrogens with one attached hydrogen (secondary N) is 1. The molecule has 1 rings (SSSR count). The van der Waals surface area contributed by atoms with Crippen molar-refractivity contribution < 1.29 is 4.79 Å². The average molecular weight is 235 g/mol. The molecule has 0 aliphatic heterocycles. The summed E-state index contributed by atoms with van der Waals surface area (Å²) in [5.74, 6) is 0.135. The molecule has 0 aliphatic carbocycles. The van der Waals surface area contributed by atoms with E-state index in [4.69, 9.17) is 0 Å². The minimum atomic E-state index is -1.37. The highest BCUT2D eigenvalue weighted by Crippen LogP contribution is 2.29. The maximum absolute atomic E-state index is 11.6. The van der Waals surface area contributed by atoms with Crippen molar-refractivity contribution >= 4 is 14.0 Å². The number of rotatable bonds is 4. The molecular weight excluding hydrogens is 214 g/mol. The molecule has 0 saturated carbocycles. The molecular formula is C13H21NOSi. The monoisotopic (exact) mass is 235 g/mol. The molecule has 1 atom stereocenters. The molecule has 2 nitrogen and oxygen atoms in total. The predicted octanol–water partition coefficient (Wildman–Crippen LogP) is 2.78. The lowest BCUT2D eigenvalue weighted by Crippen LogP contribution is -2.35. The van der Waals surface area contributed by atoms with Gasteiger partial charge in [-0.15, -0.1) is 0 Å². The van der Waals surface area contributed by atoms with Crippen molar-refractivity contribution in [3.05, 3.63) is 35.9 Å². The Morgan fingerprint density at radius 2 is 1.81 bits per heavy atom. The van der Waals surface area contributed by atoms with Crippen LogP contribution in [0.25, 0.3) is 0 Å². The highest BCUT2D eigenvalue weighted by atomic mass is 28.3. The molecule has 0 aromatic heterocycles. The summed E-state index contributed by atoms with van der Waals surface area (Å²) in [6, 6.07) is 10.4. The third-order valence-electron chi connectivity index (χ3n) is 2.92. The Balaban J connectivity index is 2.93. The largest absolute Gasteiger partial charge is 0.359 e. The van der Waals surface area contributed by atoms with E-state index in [1.54, 1.807) is 7.05 Å². The quantitative estimate of drug-likeness (QED) is 0.799. The summed E-state index contributed by atoms with van der Waals surface area (Å²) in [7, 11) is 0.336. The second kappa shape index (κ2) is 5.30. The SMILES string of the molecule is CNC(=O)C[C@H](c1ccccc1)[Si](C)(C)C. The van der Waals surface area contributed by atoms with Gasteiger partial charge in [0.1, 0.15) is 0 Å². The third kappa shape index (κ3) is 3.49. The van der Waals surface area contributed by atoms with Crippen molar-refractivity contribution in [1.29, 1.82) is 0 Å². The van der Waals surface area contributed by atoms with Crippen LogP contribution in [0.5, 0.6) is 0 Å². The Hall–Kier alpha value is -1.09. The Bertz CT molecular complexity index is 343. The summed E-state index contributed by atoms with van der Waals surface area (Å²) in [6.45, 7) is 6.94. The van der Waals surface area contributed by atoms with Gasteiger partial charge in [0.05, 0.1) is 8.07 Å². The fourth-order valence-electron chi connectivity index (χ4n) is 1.90. The fraction of sp³-hybridized carbons (Fsp3) is 0.462. The fourth-order valence-corrected chi connectivity index (χ4v) is 3.89. The second-order valence-electron chi connectivity index (χ2n) is 5.21. The summed E-state index contributed by atoms with van der Waals surface area (Å²) in [5, 5.41) is 2.72. The van der Waals surface area contributed by atoms with Gasteiger partial charge in [-0.2, -0.15) is 0 Å². The summed E-state index contributed by atoms with van der Waals surface area (Å²) in [6.07, 6.45) is 0.607. The lowest BCUT2D eigenvalue weighted by Gasteiger charge is -2.28. The summed E-state index contributed by atoms with van der Waals surface area (Å²) in [4.78, 5) is 11.6. The number of amides is 1. The normalized spacial score (nSPS) is 13.2. The van der Waals surface area contributed by atoms with Crippen molar-refractivity contribution in [2.24, 2.45) is 0 Å². The Labute approximate surface area is 99.1 Å². The van der Waals surface area contributed by atoms with E-state index in [2.05, 4.69) is 37.1 Å². The standard InChI is InChI=1S/C13H21NOSi/c1-14-13(15)10-12(16(2,3)4)11-8-6-5-7-9-11/h5-9,12H,10H2,1-4H3,(H,14,15)/t12-/m1/s1. The van der Waals surface area contributed by atoms with Gasteiger partial charge in [-0.25, -0.2) is 0 Å². The van der Waals surface area contributed by atoms with Gasteiger partial charge in [0.15, 0.2) is 0 Å². The molecule has 0 bridgehead atoms. The summed E-state index contributed by atoms with van der Waals surface area (Å²) < 4.78 is 0. The van der Waals surface area contributed by atoms with E-state index in [0.29, 0.717) is 12.0 Å². The van der Waals surface area contributed by atoms with E-state index in [1.807, 2.05) is 18.2 Å². The molecule has 0 heterocycles. The highest BCUT2D eigenvalue weighted by Gasteiger charge is 2.29. The molecule has 1 N–H and O–H groups in total. The first-order chi connectivity index (χ1) is 7.45. The first kappa shape index (κ1) is 13.0. The van der Waals surface area contributed by atoms with Crippen molar-refractivity contribution in [2.75, 3.05) is 7.05 Å². The Morgan fingerprint density at radius 1 is 1.25 bits per heavy atom.